The van der Waals surface area contributed by atoms with E-state index in [0.717, 1.165) is 64.2 Å². The molecule has 1 atom stereocenters. The molecular formula is C47H90O6. The minimum Gasteiger partial charge on any atom is -0.462 e. The Labute approximate surface area is 329 Å². The van der Waals surface area contributed by atoms with Crippen molar-refractivity contribution in [3.05, 3.63) is 0 Å². The van der Waals surface area contributed by atoms with Gasteiger partial charge in [-0.05, 0) is 19.3 Å². The molecule has 0 fully saturated rings. The predicted molar refractivity (Wildman–Crippen MR) is 224 cm³/mol. The number of ether oxygens (including phenoxy) is 3. The monoisotopic (exact) mass is 751 g/mol. The molecule has 0 rings (SSSR count). The lowest BCUT2D eigenvalue weighted by Gasteiger charge is -2.18. The topological polar surface area (TPSA) is 78.9 Å². The van der Waals surface area contributed by atoms with Crippen molar-refractivity contribution in [3.8, 4) is 0 Å². The molecule has 0 unspecified atom stereocenters. The Kier molecular flexibility index (Phi) is 41.8. The first-order valence-corrected chi connectivity index (χ1v) is 23.5. The van der Waals surface area contributed by atoms with Crippen LogP contribution in [0, 0.1) is 0 Å². The van der Waals surface area contributed by atoms with Crippen LogP contribution >= 0.6 is 0 Å². The zero-order valence-corrected chi connectivity index (χ0v) is 35.8. The molecule has 0 heterocycles. The Hall–Kier alpha value is -1.59. The van der Waals surface area contributed by atoms with E-state index >= 15 is 0 Å². The maximum absolute atomic E-state index is 12.6. The van der Waals surface area contributed by atoms with E-state index in [0.29, 0.717) is 19.3 Å². The molecule has 0 aliphatic heterocycles. The van der Waals surface area contributed by atoms with Gasteiger partial charge in [0.25, 0.3) is 0 Å². The fourth-order valence-corrected chi connectivity index (χ4v) is 7.03. The first kappa shape index (κ1) is 51.4. The van der Waals surface area contributed by atoms with Crippen LogP contribution in [0.2, 0.25) is 0 Å². The minimum atomic E-state index is -0.756. The third-order valence-electron chi connectivity index (χ3n) is 10.6. The highest BCUT2D eigenvalue weighted by molar-refractivity contribution is 5.71. The van der Waals surface area contributed by atoms with E-state index in [1.54, 1.807) is 0 Å². The highest BCUT2D eigenvalue weighted by atomic mass is 16.6. The fraction of sp³-hybridized carbons (Fsp3) is 0.936. The van der Waals surface area contributed by atoms with Crippen molar-refractivity contribution in [1.29, 1.82) is 0 Å². The molecule has 0 spiro atoms. The van der Waals surface area contributed by atoms with Crippen LogP contribution in [0.1, 0.15) is 265 Å². The summed E-state index contributed by atoms with van der Waals surface area (Å²) in [6.45, 7) is 6.58. The molecule has 53 heavy (non-hydrogen) atoms. The molecule has 6 heteroatoms. The maximum atomic E-state index is 12.6. The van der Waals surface area contributed by atoms with Crippen molar-refractivity contribution in [3.63, 3.8) is 0 Å². The Morgan fingerprint density at radius 2 is 0.509 bits per heavy atom. The number of hydrogen-bond donors (Lipinski definition) is 0. The molecule has 0 saturated heterocycles. The van der Waals surface area contributed by atoms with Gasteiger partial charge >= 0.3 is 17.9 Å². The Morgan fingerprint density at radius 3 is 0.755 bits per heavy atom. The second-order valence-electron chi connectivity index (χ2n) is 16.0. The molecule has 0 N–H and O–H groups in total. The molecule has 0 bridgehead atoms. The van der Waals surface area contributed by atoms with Crippen molar-refractivity contribution in [2.75, 3.05) is 13.2 Å². The summed E-state index contributed by atoms with van der Waals surface area (Å²) in [4.78, 5) is 37.5. The molecule has 0 radical (unpaired) electrons. The van der Waals surface area contributed by atoms with Crippen LogP contribution < -0.4 is 0 Å². The van der Waals surface area contributed by atoms with Crippen LogP contribution in [0.3, 0.4) is 0 Å². The number of rotatable bonds is 43. The zero-order valence-electron chi connectivity index (χ0n) is 35.8. The molecular weight excluding hydrogens is 661 g/mol. The molecule has 0 aromatic rings. The summed E-state index contributed by atoms with van der Waals surface area (Å²) < 4.78 is 16.6. The second-order valence-corrected chi connectivity index (χ2v) is 16.0. The third kappa shape index (κ3) is 41.4. The summed E-state index contributed by atoms with van der Waals surface area (Å²) >= 11 is 0. The lowest BCUT2D eigenvalue weighted by molar-refractivity contribution is -0.167. The van der Waals surface area contributed by atoms with Gasteiger partial charge in [0.05, 0.1) is 0 Å². The van der Waals surface area contributed by atoms with E-state index in [9.17, 15) is 14.4 Å². The highest BCUT2D eigenvalue weighted by Gasteiger charge is 2.19. The Balaban J connectivity index is 4.11. The summed E-state index contributed by atoms with van der Waals surface area (Å²) in [6.07, 6.45) is 44.0. The summed E-state index contributed by atoms with van der Waals surface area (Å²) in [7, 11) is 0. The van der Waals surface area contributed by atoms with Crippen molar-refractivity contribution >= 4 is 17.9 Å². The van der Waals surface area contributed by atoms with Gasteiger partial charge in [0.15, 0.2) is 6.10 Å². The van der Waals surface area contributed by atoms with Gasteiger partial charge < -0.3 is 14.2 Å². The normalized spacial score (nSPS) is 11.8. The second kappa shape index (κ2) is 43.1. The quantitative estimate of drug-likeness (QED) is 0.0351. The number of carbonyl (C=O) groups excluding carboxylic acids is 3. The molecule has 0 aliphatic rings. The molecule has 0 aromatic heterocycles. The average molecular weight is 751 g/mol. The van der Waals surface area contributed by atoms with Crippen LogP contribution in [-0.4, -0.2) is 37.2 Å². The van der Waals surface area contributed by atoms with Gasteiger partial charge in [-0.25, -0.2) is 0 Å². The molecule has 0 saturated carbocycles. The molecule has 6 nitrogen and oxygen atoms in total. The van der Waals surface area contributed by atoms with Crippen LogP contribution in [-0.2, 0) is 28.6 Å². The third-order valence-corrected chi connectivity index (χ3v) is 10.6. The minimum absolute atomic E-state index is 0.0636. The highest BCUT2D eigenvalue weighted by Crippen LogP contribution is 2.16. The van der Waals surface area contributed by atoms with Gasteiger partial charge in [-0.2, -0.15) is 0 Å². The van der Waals surface area contributed by atoms with E-state index < -0.39 is 6.10 Å². The summed E-state index contributed by atoms with van der Waals surface area (Å²) in [5.41, 5.74) is 0. The van der Waals surface area contributed by atoms with Gasteiger partial charge in [0, 0.05) is 19.3 Å². The summed E-state index contributed by atoms with van der Waals surface area (Å²) in [6, 6.07) is 0. The number of unbranched alkanes of at least 4 members (excludes halogenated alkanes) is 32. The largest absolute Gasteiger partial charge is 0.462 e. The fourth-order valence-electron chi connectivity index (χ4n) is 7.03. The summed E-state index contributed by atoms with van der Waals surface area (Å²) in [5, 5.41) is 0. The van der Waals surface area contributed by atoms with Crippen LogP contribution in [0.4, 0.5) is 0 Å². The van der Waals surface area contributed by atoms with E-state index in [4.69, 9.17) is 14.2 Å². The van der Waals surface area contributed by atoms with E-state index in [1.165, 1.54) is 161 Å². The van der Waals surface area contributed by atoms with E-state index in [2.05, 4.69) is 20.8 Å². The van der Waals surface area contributed by atoms with Crippen molar-refractivity contribution in [2.24, 2.45) is 0 Å². The van der Waals surface area contributed by atoms with Gasteiger partial charge in [-0.3, -0.25) is 14.4 Å². The smallest absolute Gasteiger partial charge is 0.306 e. The van der Waals surface area contributed by atoms with Gasteiger partial charge in [-0.15, -0.1) is 0 Å². The van der Waals surface area contributed by atoms with Crippen molar-refractivity contribution < 1.29 is 28.6 Å². The zero-order chi connectivity index (χ0) is 38.7. The molecule has 0 aliphatic carbocycles. The average Bonchev–Trinajstić information content (AvgIpc) is 3.15. The lowest BCUT2D eigenvalue weighted by Crippen LogP contribution is -2.30. The van der Waals surface area contributed by atoms with Gasteiger partial charge in [0.2, 0.25) is 0 Å². The maximum Gasteiger partial charge on any atom is 0.306 e. The standard InChI is InChI=1S/C47H90O6/c1-4-7-10-13-15-17-19-21-22-23-24-25-26-28-29-31-34-37-40-46(49)52-43-44(42-51-45(48)39-36-33-12-9-6-3)53-47(50)41-38-35-32-30-27-20-18-16-14-11-8-5-2/h44H,4-43H2,1-3H3/t44-/m1/s1. The van der Waals surface area contributed by atoms with Crippen LogP contribution in [0.25, 0.3) is 0 Å². The number of esters is 3. The first-order valence-electron chi connectivity index (χ1n) is 23.5. The van der Waals surface area contributed by atoms with E-state index in [-0.39, 0.29) is 31.1 Å². The van der Waals surface area contributed by atoms with E-state index in [1.807, 2.05) is 0 Å². The van der Waals surface area contributed by atoms with Gasteiger partial charge in [0.1, 0.15) is 13.2 Å². The molecule has 0 aromatic carbocycles. The van der Waals surface area contributed by atoms with Crippen molar-refractivity contribution in [1.82, 2.24) is 0 Å². The lowest BCUT2D eigenvalue weighted by atomic mass is 10.0. The van der Waals surface area contributed by atoms with Gasteiger partial charge in [-0.1, -0.05) is 226 Å². The SMILES string of the molecule is CCCCCCCCCCCCCCCCCCCCC(=O)OC[C@@H](COC(=O)CCCCCCC)OC(=O)CCCCCCCCCCCCCC. The summed E-state index contributed by atoms with van der Waals surface area (Å²) in [5.74, 6) is -0.864. The Morgan fingerprint density at radius 1 is 0.302 bits per heavy atom. The number of carbonyl (C=O) groups is 3. The first-order chi connectivity index (χ1) is 26.0. The number of hydrogen-bond acceptors (Lipinski definition) is 6. The van der Waals surface area contributed by atoms with Crippen LogP contribution in [0.5, 0.6) is 0 Å². The molecule has 0 amide bonds. The van der Waals surface area contributed by atoms with Crippen LogP contribution in [0.15, 0.2) is 0 Å². The van der Waals surface area contributed by atoms with Crippen molar-refractivity contribution in [2.45, 2.75) is 271 Å². The molecule has 314 valence electrons. The predicted octanol–water partition coefficient (Wildman–Crippen LogP) is 14.9. The Bertz CT molecular complexity index is 783.